The van der Waals surface area contributed by atoms with Gasteiger partial charge in [0.15, 0.2) is 11.6 Å². The molecule has 4 atom stereocenters. The zero-order chi connectivity index (χ0) is 13.6. The zero-order valence-electron chi connectivity index (χ0n) is 9.82. The number of nitrogens with zero attached hydrogens (tertiary/aromatic N) is 2. The van der Waals surface area contributed by atoms with Gasteiger partial charge in [-0.1, -0.05) is 11.8 Å². The van der Waals surface area contributed by atoms with Crippen molar-refractivity contribution in [1.29, 1.82) is 0 Å². The Hall–Kier alpha value is -1.16. The summed E-state index contributed by atoms with van der Waals surface area (Å²) in [5.74, 6) is -1.15. The second-order valence-electron chi connectivity index (χ2n) is 4.42. The van der Waals surface area contributed by atoms with Crippen LogP contribution in [-0.2, 0) is 4.74 Å². The average Bonchev–Trinajstić information content (AvgIpc) is 3.14. The first kappa shape index (κ1) is 12.9. The Morgan fingerprint density at radius 3 is 3.11 bits per heavy atom. The molecule has 0 aliphatic carbocycles. The molecule has 0 radical (unpaired) electrons. The van der Waals surface area contributed by atoms with Crippen molar-refractivity contribution >= 4 is 17.6 Å². The van der Waals surface area contributed by atoms with E-state index < -0.39 is 28.1 Å². The van der Waals surface area contributed by atoms with E-state index in [4.69, 9.17) is 15.6 Å². The van der Waals surface area contributed by atoms with Crippen molar-refractivity contribution in [2.24, 2.45) is 0 Å². The molecule has 104 valence electrons. The fourth-order valence-electron chi connectivity index (χ4n) is 2.05. The normalized spacial score (nSPS) is 33.6. The Labute approximate surface area is 112 Å². The van der Waals surface area contributed by atoms with Gasteiger partial charge in [0.2, 0.25) is 0 Å². The van der Waals surface area contributed by atoms with E-state index in [-0.39, 0.29) is 18.8 Å². The number of halogens is 1. The molecular formula is C10H13FN4O3S. The van der Waals surface area contributed by atoms with Crippen molar-refractivity contribution < 1.29 is 14.2 Å². The minimum Gasteiger partial charge on any atom is -0.393 e. The van der Waals surface area contributed by atoms with Gasteiger partial charge >= 0.3 is 5.69 Å². The van der Waals surface area contributed by atoms with E-state index in [1.165, 1.54) is 16.3 Å². The van der Waals surface area contributed by atoms with E-state index in [1.54, 1.807) is 0 Å². The maximum Gasteiger partial charge on any atom is 0.350 e. The van der Waals surface area contributed by atoms with Gasteiger partial charge in [-0.15, -0.1) is 0 Å². The Morgan fingerprint density at radius 2 is 2.47 bits per heavy atom. The molecule has 0 bridgehead atoms. The summed E-state index contributed by atoms with van der Waals surface area (Å²) in [6, 6.07) is 0.113. The summed E-state index contributed by atoms with van der Waals surface area (Å²) in [4.78, 5) is 15.3. The highest BCUT2D eigenvalue weighted by molar-refractivity contribution is 8.00. The molecule has 2 aliphatic heterocycles. The lowest BCUT2D eigenvalue weighted by Gasteiger charge is -2.18. The quantitative estimate of drug-likeness (QED) is 0.604. The highest BCUT2D eigenvalue weighted by atomic mass is 32.2. The largest absolute Gasteiger partial charge is 0.393 e. The van der Waals surface area contributed by atoms with Gasteiger partial charge in [0.05, 0.1) is 6.61 Å². The van der Waals surface area contributed by atoms with Gasteiger partial charge in [-0.05, 0) is 0 Å². The molecule has 3 rings (SSSR count). The maximum atomic E-state index is 13.5. The number of ether oxygens (including phenoxy) is 1. The number of rotatable bonds is 3. The number of aliphatic hydroxyl groups is 1. The van der Waals surface area contributed by atoms with E-state index in [9.17, 15) is 9.18 Å². The van der Waals surface area contributed by atoms with Gasteiger partial charge in [-0.2, -0.15) is 4.98 Å². The van der Waals surface area contributed by atoms with Crippen molar-refractivity contribution in [3.8, 4) is 0 Å². The lowest BCUT2D eigenvalue weighted by molar-refractivity contribution is 0.0166. The lowest BCUT2D eigenvalue weighted by atomic mass is 10.2. The van der Waals surface area contributed by atoms with Crippen LogP contribution in [0.1, 0.15) is 5.37 Å². The van der Waals surface area contributed by atoms with Crippen molar-refractivity contribution in [3.05, 3.63) is 22.5 Å². The summed E-state index contributed by atoms with van der Waals surface area (Å²) in [6.45, 7) is 0.615. The number of thioether (sulfide) groups is 1. The molecule has 0 saturated carbocycles. The molecule has 0 amide bonds. The van der Waals surface area contributed by atoms with Gasteiger partial charge < -0.3 is 20.9 Å². The molecule has 19 heavy (non-hydrogen) atoms. The van der Waals surface area contributed by atoms with E-state index in [1.807, 2.05) is 0 Å². The molecule has 0 aromatic carbocycles. The molecule has 2 unspecified atom stereocenters. The highest BCUT2D eigenvalue weighted by Gasteiger charge is 2.46. The Kier molecular flexibility index (Phi) is 3.21. The van der Waals surface area contributed by atoms with Crippen LogP contribution in [-0.4, -0.2) is 45.4 Å². The molecule has 1 aromatic heterocycles. The molecular weight excluding hydrogens is 275 g/mol. The lowest BCUT2D eigenvalue weighted by Crippen LogP contribution is -2.34. The number of hydrogen-bond donors (Lipinski definition) is 3. The van der Waals surface area contributed by atoms with Gasteiger partial charge in [-0.25, -0.2) is 9.18 Å². The molecule has 3 heterocycles. The minimum absolute atomic E-state index is 0.113. The van der Waals surface area contributed by atoms with E-state index in [2.05, 4.69) is 10.3 Å². The third-order valence-corrected chi connectivity index (χ3v) is 4.41. The van der Waals surface area contributed by atoms with Crippen LogP contribution in [0.5, 0.6) is 0 Å². The molecule has 1 aromatic rings. The number of nitrogen functional groups attached to an aromatic ring is 1. The van der Waals surface area contributed by atoms with Crippen LogP contribution in [0.15, 0.2) is 11.0 Å². The van der Waals surface area contributed by atoms with E-state index in [0.717, 1.165) is 12.7 Å². The van der Waals surface area contributed by atoms with Crippen LogP contribution in [0.4, 0.5) is 10.2 Å². The molecule has 2 aliphatic rings. The van der Waals surface area contributed by atoms with Crippen molar-refractivity contribution in [2.75, 3.05) is 18.9 Å². The van der Waals surface area contributed by atoms with Gasteiger partial charge in [-0.3, -0.25) is 4.57 Å². The summed E-state index contributed by atoms with van der Waals surface area (Å²) < 4.78 is 20.3. The summed E-state index contributed by atoms with van der Waals surface area (Å²) in [6.07, 6.45) is 0.741. The fourth-order valence-corrected chi connectivity index (χ4v) is 3.33. The van der Waals surface area contributed by atoms with Crippen LogP contribution in [0, 0.1) is 5.82 Å². The van der Waals surface area contributed by atoms with Crippen LogP contribution >= 0.6 is 11.8 Å². The molecule has 7 nitrogen and oxygen atoms in total. The fraction of sp³-hybridized carbons (Fsp3) is 0.600. The first-order valence-electron chi connectivity index (χ1n) is 5.79. The predicted molar refractivity (Wildman–Crippen MR) is 67.0 cm³/mol. The molecule has 4 N–H and O–H groups in total. The average molecular weight is 288 g/mol. The number of hydrogen-bond acceptors (Lipinski definition) is 7. The number of aromatic nitrogens is 2. The van der Waals surface area contributed by atoms with Crippen LogP contribution in [0.25, 0.3) is 0 Å². The Bertz CT molecular complexity index is 550. The smallest absolute Gasteiger partial charge is 0.350 e. The zero-order valence-corrected chi connectivity index (χ0v) is 10.6. The van der Waals surface area contributed by atoms with Gasteiger partial charge in [0.1, 0.15) is 16.9 Å². The summed E-state index contributed by atoms with van der Waals surface area (Å²) in [5.41, 5.74) is 4.21. The van der Waals surface area contributed by atoms with Crippen LogP contribution < -0.4 is 16.7 Å². The third kappa shape index (κ3) is 2.34. The van der Waals surface area contributed by atoms with E-state index in [0.29, 0.717) is 0 Å². The van der Waals surface area contributed by atoms with E-state index >= 15 is 0 Å². The standard InChI is InChI=1S/C10H13FN4O3S/c11-4-2-15(10(17)14-8(4)12)9-7(5-1-13-5)18-6(3-16)19-9/h2,5-7,9,13,16H,1,3H2,(H2,12,14,17)/t5?,6-,7?,9-/m1/s1. The van der Waals surface area contributed by atoms with Crippen LogP contribution in [0.3, 0.4) is 0 Å². The van der Waals surface area contributed by atoms with Crippen molar-refractivity contribution in [1.82, 2.24) is 14.9 Å². The number of anilines is 1. The van der Waals surface area contributed by atoms with Gasteiger partial charge in [0.25, 0.3) is 0 Å². The van der Waals surface area contributed by atoms with Gasteiger partial charge in [0, 0.05) is 18.8 Å². The van der Waals surface area contributed by atoms with Crippen LogP contribution in [0.2, 0.25) is 0 Å². The first-order valence-corrected chi connectivity index (χ1v) is 6.73. The summed E-state index contributed by atoms with van der Waals surface area (Å²) >= 11 is 1.27. The minimum atomic E-state index is -0.741. The highest BCUT2D eigenvalue weighted by Crippen LogP contribution is 2.42. The monoisotopic (exact) mass is 288 g/mol. The Balaban J connectivity index is 1.95. The topological polar surface area (TPSA) is 112 Å². The first-order chi connectivity index (χ1) is 9.10. The summed E-state index contributed by atoms with van der Waals surface area (Å²) in [7, 11) is 0. The predicted octanol–water partition coefficient (Wildman–Crippen LogP) is -1.11. The molecule has 9 heteroatoms. The number of nitrogens with two attached hydrogens (primary N) is 1. The maximum absolute atomic E-state index is 13.5. The molecule has 2 fully saturated rings. The third-order valence-electron chi connectivity index (χ3n) is 3.07. The SMILES string of the molecule is Nc1nc(=O)n([C@@H]2S[C@H](CO)OC2C2CN2)cc1F. The number of aliphatic hydroxyl groups excluding tert-OH is 1. The Morgan fingerprint density at radius 1 is 1.74 bits per heavy atom. The molecule has 2 saturated heterocycles. The second-order valence-corrected chi connectivity index (χ2v) is 5.70. The summed E-state index contributed by atoms with van der Waals surface area (Å²) in [5, 5.41) is 11.8. The van der Waals surface area contributed by atoms with Crippen molar-refractivity contribution in [2.45, 2.75) is 23.0 Å². The molecule has 0 spiro atoms. The van der Waals surface area contributed by atoms with Crippen molar-refractivity contribution in [3.63, 3.8) is 0 Å². The second kappa shape index (κ2) is 4.75. The number of nitrogens with one attached hydrogen (secondary N) is 1.